The van der Waals surface area contributed by atoms with Crippen molar-refractivity contribution in [1.29, 1.82) is 0 Å². The molecule has 0 saturated heterocycles. The molecule has 1 aliphatic rings. The zero-order chi connectivity index (χ0) is 31.3. The summed E-state index contributed by atoms with van der Waals surface area (Å²) in [7, 11) is 0. The molecule has 4 heteroatoms. The third kappa shape index (κ3) is 3.43. The average Bonchev–Trinajstić information content (AvgIpc) is 3.78. The molecule has 0 fully saturated rings. The van der Waals surface area contributed by atoms with Crippen molar-refractivity contribution in [2.75, 3.05) is 0 Å². The summed E-state index contributed by atoms with van der Waals surface area (Å²) in [6.45, 7) is 0. The zero-order valence-electron chi connectivity index (χ0n) is 25.8. The molecule has 0 unspecified atom stereocenters. The van der Waals surface area contributed by atoms with E-state index in [1.807, 2.05) is 12.4 Å². The highest BCUT2D eigenvalue weighted by Gasteiger charge is 2.25. The molecule has 0 radical (unpaired) electrons. The number of fused-ring (bicyclic) bond motifs is 9. The van der Waals surface area contributed by atoms with Crippen molar-refractivity contribution in [3.63, 3.8) is 0 Å². The monoisotopic (exact) mass is 610 g/mol. The summed E-state index contributed by atoms with van der Waals surface area (Å²) in [5.74, 6) is 0.923. The van der Waals surface area contributed by atoms with E-state index in [0.717, 1.165) is 39.4 Å². The lowest BCUT2D eigenvalue weighted by Crippen LogP contribution is -1.99. The van der Waals surface area contributed by atoms with Gasteiger partial charge < -0.3 is 4.57 Å². The van der Waals surface area contributed by atoms with Crippen LogP contribution in [0.3, 0.4) is 0 Å². The molecule has 0 bridgehead atoms. The number of hydrogen-bond acceptors (Lipinski definition) is 2. The lowest BCUT2D eigenvalue weighted by Gasteiger charge is -2.11. The normalized spacial score (nSPS) is 12.2. The van der Waals surface area contributed by atoms with Crippen LogP contribution in [0, 0.1) is 0 Å². The highest BCUT2D eigenvalue weighted by atomic mass is 15.1. The number of pyridine rings is 2. The molecule has 10 aromatic rings. The van der Waals surface area contributed by atoms with Crippen LogP contribution in [0.2, 0.25) is 0 Å². The van der Waals surface area contributed by atoms with Gasteiger partial charge in [-0.3, -0.25) is 9.55 Å². The number of hydrogen-bond donors (Lipinski definition) is 0. The van der Waals surface area contributed by atoms with Crippen molar-refractivity contribution in [2.45, 2.75) is 0 Å². The van der Waals surface area contributed by atoms with Crippen LogP contribution in [-0.2, 0) is 0 Å². The van der Waals surface area contributed by atoms with Gasteiger partial charge in [0.05, 0.1) is 27.8 Å². The van der Waals surface area contributed by atoms with E-state index in [1.165, 1.54) is 60.0 Å². The molecule has 4 heterocycles. The third-order valence-electron chi connectivity index (χ3n) is 10.1. The largest absolute Gasteiger partial charge is 0.309 e. The van der Waals surface area contributed by atoms with Crippen molar-refractivity contribution in [3.8, 4) is 45.0 Å². The Kier molecular flexibility index (Phi) is 5.08. The number of rotatable bonds is 3. The summed E-state index contributed by atoms with van der Waals surface area (Å²) < 4.78 is 4.71. The Labute approximate surface area is 275 Å². The van der Waals surface area contributed by atoms with Gasteiger partial charge in [-0.1, -0.05) is 91.0 Å². The van der Waals surface area contributed by atoms with Crippen molar-refractivity contribution in [2.24, 2.45) is 0 Å². The fourth-order valence-electron chi connectivity index (χ4n) is 8.05. The molecule has 0 atom stereocenters. The fraction of sp³-hybridized carbons (Fsp3) is 0. The van der Waals surface area contributed by atoms with Crippen LogP contribution < -0.4 is 0 Å². The van der Waals surface area contributed by atoms with Crippen molar-refractivity contribution in [1.82, 2.24) is 19.1 Å². The predicted octanol–water partition coefficient (Wildman–Crippen LogP) is 11.1. The zero-order valence-corrected chi connectivity index (χ0v) is 25.8. The quantitative estimate of drug-likeness (QED) is 0.199. The highest BCUT2D eigenvalue weighted by Crippen LogP contribution is 2.47. The fourth-order valence-corrected chi connectivity index (χ4v) is 8.05. The molecule has 48 heavy (non-hydrogen) atoms. The molecule has 0 N–H and O–H groups in total. The molecule has 4 nitrogen and oxygen atoms in total. The first kappa shape index (κ1) is 25.6. The second-order valence-electron chi connectivity index (χ2n) is 12.7. The summed E-state index contributed by atoms with van der Waals surface area (Å²) in [5.41, 5.74) is 12.8. The van der Waals surface area contributed by atoms with Crippen LogP contribution in [-0.4, -0.2) is 19.1 Å². The third-order valence-corrected chi connectivity index (χ3v) is 10.1. The number of nitrogens with zero attached hydrogens (tertiary/aromatic N) is 4. The average molecular weight is 611 g/mol. The molecule has 4 aromatic heterocycles. The Bertz CT molecular complexity index is 2950. The first-order valence-corrected chi connectivity index (χ1v) is 16.3. The lowest BCUT2D eigenvalue weighted by atomic mass is 10.0. The van der Waals surface area contributed by atoms with Gasteiger partial charge in [-0.25, -0.2) is 4.98 Å². The van der Waals surface area contributed by atoms with E-state index in [9.17, 15) is 0 Å². The maximum atomic E-state index is 5.36. The van der Waals surface area contributed by atoms with Gasteiger partial charge in [-0.2, -0.15) is 0 Å². The molecule has 0 spiro atoms. The summed E-state index contributed by atoms with van der Waals surface area (Å²) in [5, 5.41) is 7.34. The first-order chi connectivity index (χ1) is 23.8. The lowest BCUT2D eigenvalue weighted by molar-refractivity contribution is 1.09. The van der Waals surface area contributed by atoms with Gasteiger partial charge in [0.1, 0.15) is 5.82 Å². The Morgan fingerprint density at radius 2 is 1.15 bits per heavy atom. The highest BCUT2D eigenvalue weighted by molar-refractivity contribution is 6.15. The molecular weight excluding hydrogens is 585 g/mol. The summed E-state index contributed by atoms with van der Waals surface area (Å²) in [6.07, 6.45) is 3.83. The van der Waals surface area contributed by atoms with Gasteiger partial charge in [-0.15, -0.1) is 0 Å². The minimum atomic E-state index is 0.923. The molecule has 0 aliphatic heterocycles. The van der Waals surface area contributed by atoms with Crippen LogP contribution >= 0.6 is 0 Å². The second kappa shape index (κ2) is 9.50. The van der Waals surface area contributed by atoms with Crippen LogP contribution in [0.1, 0.15) is 0 Å². The van der Waals surface area contributed by atoms with Gasteiger partial charge in [0, 0.05) is 56.1 Å². The van der Waals surface area contributed by atoms with Crippen LogP contribution in [0.25, 0.3) is 99.4 Å². The first-order valence-electron chi connectivity index (χ1n) is 16.3. The van der Waals surface area contributed by atoms with Crippen molar-refractivity contribution < 1.29 is 0 Å². The van der Waals surface area contributed by atoms with Gasteiger partial charge in [0.2, 0.25) is 0 Å². The van der Waals surface area contributed by atoms with Crippen molar-refractivity contribution in [3.05, 3.63) is 158 Å². The van der Waals surface area contributed by atoms with E-state index in [2.05, 4.69) is 160 Å². The van der Waals surface area contributed by atoms with E-state index in [0.29, 0.717) is 0 Å². The Morgan fingerprint density at radius 1 is 0.438 bits per heavy atom. The van der Waals surface area contributed by atoms with Crippen molar-refractivity contribution >= 4 is 54.4 Å². The minimum absolute atomic E-state index is 0.923. The molecule has 6 aromatic carbocycles. The maximum absolute atomic E-state index is 5.36. The Balaban J connectivity index is 1.14. The molecule has 0 amide bonds. The molecule has 222 valence electrons. The predicted molar refractivity (Wildman–Crippen MR) is 198 cm³/mol. The van der Waals surface area contributed by atoms with Gasteiger partial charge >= 0.3 is 0 Å². The van der Waals surface area contributed by atoms with Gasteiger partial charge in [-0.05, 0) is 76.7 Å². The summed E-state index contributed by atoms with van der Waals surface area (Å²) in [6, 6.07) is 52.6. The van der Waals surface area contributed by atoms with Gasteiger partial charge in [0.15, 0.2) is 0 Å². The molecule has 1 aliphatic carbocycles. The van der Waals surface area contributed by atoms with E-state index >= 15 is 0 Å². The molecular formula is C44H26N4. The maximum Gasteiger partial charge on any atom is 0.138 e. The van der Waals surface area contributed by atoms with Gasteiger partial charge in [0.25, 0.3) is 0 Å². The van der Waals surface area contributed by atoms with Crippen LogP contribution in [0.5, 0.6) is 0 Å². The topological polar surface area (TPSA) is 35.6 Å². The van der Waals surface area contributed by atoms with E-state index in [-0.39, 0.29) is 0 Å². The summed E-state index contributed by atoms with van der Waals surface area (Å²) in [4.78, 5) is 9.79. The van der Waals surface area contributed by atoms with E-state index < -0.39 is 0 Å². The number of benzene rings is 6. The molecule has 0 saturated carbocycles. The smallest absolute Gasteiger partial charge is 0.138 e. The standard InChI is InChI=1S/C44H26N4/c1-2-10-30(11-3-1)47-38-15-6-4-12-31(38)33-19-17-28(24-41(33)47)27-18-20-40-36(23-27)32-13-5-7-16-39(32)48(40)42-25-29-9-8-14-34-37-26-45-22-21-35(37)44(46-42)43(29)34/h1-26H. The van der Waals surface area contributed by atoms with E-state index in [1.54, 1.807) is 0 Å². The summed E-state index contributed by atoms with van der Waals surface area (Å²) >= 11 is 0. The SMILES string of the molecule is c1ccc(-n2c3ccccc3c3ccc(-c4ccc5c(c4)c4ccccc4n5-c4cc5cccc6c5c(n4)-c4ccncc4-6)cc32)cc1. The van der Waals surface area contributed by atoms with Crippen LogP contribution in [0.15, 0.2) is 158 Å². The second-order valence-corrected chi connectivity index (χ2v) is 12.7. The molecule has 11 rings (SSSR count). The Hall–Kier alpha value is -6.52. The Morgan fingerprint density at radius 3 is 2.02 bits per heavy atom. The minimum Gasteiger partial charge on any atom is -0.309 e. The number of para-hydroxylation sites is 3. The number of aromatic nitrogens is 4. The van der Waals surface area contributed by atoms with Crippen LogP contribution in [0.4, 0.5) is 0 Å². The van der Waals surface area contributed by atoms with E-state index in [4.69, 9.17) is 4.98 Å².